The average Bonchev–Trinajstić information content (AvgIpc) is 1.93. The number of rotatable bonds is 2. The molecule has 0 radical (unpaired) electrons. The van der Waals surface area contributed by atoms with E-state index in [1.165, 1.54) is 31.3 Å². The first-order valence-corrected chi connectivity index (χ1v) is 3.11. The summed E-state index contributed by atoms with van der Waals surface area (Å²) in [5.41, 5.74) is 3.02. The van der Waals surface area contributed by atoms with Crippen molar-refractivity contribution < 1.29 is 4.39 Å². The summed E-state index contributed by atoms with van der Waals surface area (Å²) >= 11 is 0. The van der Waals surface area contributed by atoms with Crippen LogP contribution in [0.2, 0.25) is 0 Å². The highest BCUT2D eigenvalue weighted by Crippen LogP contribution is 2.07. The molecule has 1 aromatic rings. The first-order chi connectivity index (χ1) is 5.18. The number of nitrogens with one attached hydrogen (secondary N) is 1. The van der Waals surface area contributed by atoms with Crippen LogP contribution in [0.15, 0.2) is 24.3 Å². The van der Waals surface area contributed by atoms with Crippen LogP contribution >= 0.6 is 0 Å². The van der Waals surface area contributed by atoms with Gasteiger partial charge in [-0.15, -0.1) is 0 Å². The molecule has 0 unspecified atom stereocenters. The topological polar surface area (TPSA) is 38.3 Å². The van der Waals surface area contributed by atoms with Crippen LogP contribution in [0.5, 0.6) is 0 Å². The van der Waals surface area contributed by atoms with Crippen LogP contribution in [-0.2, 0) is 0 Å². The van der Waals surface area contributed by atoms with Crippen molar-refractivity contribution in [3.63, 3.8) is 0 Å². The molecule has 0 amide bonds. The molecule has 0 aromatic heterocycles. The summed E-state index contributed by atoms with van der Waals surface area (Å²) in [4.78, 5) is 0. The van der Waals surface area contributed by atoms with Gasteiger partial charge in [0.25, 0.3) is 0 Å². The van der Waals surface area contributed by atoms with E-state index in [0.29, 0.717) is 10.9 Å². The van der Waals surface area contributed by atoms with Gasteiger partial charge in [0.1, 0.15) is 5.82 Å². The number of hydrazine groups is 1. The van der Waals surface area contributed by atoms with Crippen molar-refractivity contribution in [3.8, 4) is 0 Å². The minimum Gasteiger partial charge on any atom is -0.768 e. The third-order valence-corrected chi connectivity index (χ3v) is 1.13. The third kappa shape index (κ3) is 2.53. The van der Waals surface area contributed by atoms with Crippen molar-refractivity contribution in [2.24, 2.45) is 0 Å². The molecular weight excluding hydrogens is 147 g/mol. The highest BCUT2D eigenvalue weighted by Gasteiger charge is 1.89. The number of hydroxylamine groups is 1. The summed E-state index contributed by atoms with van der Waals surface area (Å²) in [6, 6.07) is 5.55. The zero-order valence-corrected chi connectivity index (χ0v) is 6.04. The smallest absolute Gasteiger partial charge is 0.123 e. The van der Waals surface area contributed by atoms with Crippen LogP contribution in [-0.4, -0.2) is 12.2 Å². The number of benzene rings is 1. The van der Waals surface area contributed by atoms with Gasteiger partial charge in [-0.25, -0.2) is 4.39 Å². The van der Waals surface area contributed by atoms with E-state index < -0.39 is 0 Å². The fourth-order valence-corrected chi connectivity index (χ4v) is 0.706. The largest absolute Gasteiger partial charge is 0.768 e. The van der Waals surface area contributed by atoms with E-state index in [0.717, 1.165) is 0 Å². The van der Waals surface area contributed by atoms with Gasteiger partial charge in [0, 0.05) is 5.69 Å². The molecule has 0 spiro atoms. The predicted molar refractivity (Wildman–Crippen MR) is 41.2 cm³/mol. The van der Waals surface area contributed by atoms with Crippen molar-refractivity contribution in [3.05, 3.63) is 35.3 Å². The van der Waals surface area contributed by atoms with Gasteiger partial charge in [-0.3, -0.25) is 0 Å². The number of hydrogen-bond acceptors (Lipinski definition) is 3. The fourth-order valence-electron chi connectivity index (χ4n) is 0.706. The van der Waals surface area contributed by atoms with Crippen LogP contribution in [0.25, 0.3) is 0 Å². The molecule has 60 valence electrons. The van der Waals surface area contributed by atoms with E-state index in [9.17, 15) is 9.60 Å². The third-order valence-electron chi connectivity index (χ3n) is 1.13. The van der Waals surface area contributed by atoms with Crippen LogP contribution in [0.3, 0.4) is 0 Å². The Morgan fingerprint density at radius 2 is 1.91 bits per heavy atom. The lowest BCUT2D eigenvalue weighted by molar-refractivity contribution is 0.555. The summed E-state index contributed by atoms with van der Waals surface area (Å²) in [5, 5.41) is 11.0. The first kappa shape index (κ1) is 7.97. The van der Waals surface area contributed by atoms with Gasteiger partial charge in [0.15, 0.2) is 0 Å². The SMILES string of the molecule is CN([O-])Nc1ccc(F)cc1. The van der Waals surface area contributed by atoms with Crippen LogP contribution in [0.1, 0.15) is 0 Å². The monoisotopic (exact) mass is 155 g/mol. The molecule has 0 saturated carbocycles. The fraction of sp³-hybridized carbons (Fsp3) is 0.143. The highest BCUT2D eigenvalue weighted by molar-refractivity contribution is 5.41. The van der Waals surface area contributed by atoms with E-state index >= 15 is 0 Å². The van der Waals surface area contributed by atoms with Crippen molar-refractivity contribution in [1.82, 2.24) is 5.17 Å². The maximum atomic E-state index is 12.3. The molecule has 0 bridgehead atoms. The molecule has 0 aliphatic carbocycles. The maximum Gasteiger partial charge on any atom is 0.123 e. The lowest BCUT2D eigenvalue weighted by Crippen LogP contribution is -2.17. The van der Waals surface area contributed by atoms with E-state index in [4.69, 9.17) is 0 Å². The summed E-state index contributed by atoms with van der Waals surface area (Å²) in [6.07, 6.45) is 0. The Morgan fingerprint density at radius 1 is 1.36 bits per heavy atom. The number of anilines is 1. The Hall–Kier alpha value is -1.13. The van der Waals surface area contributed by atoms with Crippen molar-refractivity contribution in [2.45, 2.75) is 0 Å². The van der Waals surface area contributed by atoms with Gasteiger partial charge in [-0.05, 0) is 31.3 Å². The van der Waals surface area contributed by atoms with E-state index in [1.54, 1.807) is 0 Å². The van der Waals surface area contributed by atoms with Crippen LogP contribution in [0.4, 0.5) is 10.1 Å². The summed E-state index contributed by atoms with van der Waals surface area (Å²) in [7, 11) is 1.32. The van der Waals surface area contributed by atoms with E-state index in [-0.39, 0.29) is 5.82 Å². The highest BCUT2D eigenvalue weighted by atomic mass is 19.1. The van der Waals surface area contributed by atoms with Crippen molar-refractivity contribution >= 4 is 5.69 Å². The van der Waals surface area contributed by atoms with Gasteiger partial charge < -0.3 is 15.8 Å². The first-order valence-electron chi connectivity index (χ1n) is 3.11. The van der Waals surface area contributed by atoms with Crippen molar-refractivity contribution in [1.29, 1.82) is 0 Å². The van der Waals surface area contributed by atoms with Gasteiger partial charge in [-0.2, -0.15) is 0 Å². The quantitative estimate of drug-likeness (QED) is 0.659. The zero-order chi connectivity index (χ0) is 8.27. The zero-order valence-electron chi connectivity index (χ0n) is 6.04. The van der Waals surface area contributed by atoms with Gasteiger partial charge in [0.2, 0.25) is 0 Å². The standard InChI is InChI=1S/C7H8FN2O/c1-10(11)9-7-4-2-6(8)3-5-7/h2-5,9H,1H3/q-1. The second-order valence-electron chi connectivity index (χ2n) is 2.12. The molecule has 1 rings (SSSR count). The number of hydrogen-bond donors (Lipinski definition) is 1. The molecule has 0 saturated heterocycles. The average molecular weight is 155 g/mol. The molecule has 0 atom stereocenters. The number of halogens is 1. The second-order valence-corrected chi connectivity index (χ2v) is 2.12. The molecule has 1 aromatic carbocycles. The normalized spacial score (nSPS) is 10.2. The minimum absolute atomic E-state index is 0.316. The molecule has 3 nitrogen and oxygen atoms in total. The lowest BCUT2D eigenvalue weighted by atomic mass is 10.3. The van der Waals surface area contributed by atoms with Crippen LogP contribution in [0, 0.1) is 11.0 Å². The van der Waals surface area contributed by atoms with E-state index in [2.05, 4.69) is 5.43 Å². The molecule has 0 aliphatic rings. The van der Waals surface area contributed by atoms with E-state index in [1.807, 2.05) is 0 Å². The van der Waals surface area contributed by atoms with Gasteiger partial charge in [0.05, 0.1) is 0 Å². The Kier molecular flexibility index (Phi) is 2.40. The van der Waals surface area contributed by atoms with Gasteiger partial charge >= 0.3 is 0 Å². The van der Waals surface area contributed by atoms with Crippen molar-refractivity contribution in [2.75, 3.05) is 12.5 Å². The maximum absolute atomic E-state index is 12.3. The minimum atomic E-state index is -0.316. The summed E-state index contributed by atoms with van der Waals surface area (Å²) in [6.45, 7) is 0. The summed E-state index contributed by atoms with van der Waals surface area (Å²) < 4.78 is 12.3. The lowest BCUT2D eigenvalue weighted by Gasteiger charge is -2.23. The molecule has 0 aliphatic heterocycles. The molecule has 1 N–H and O–H groups in total. The molecule has 0 heterocycles. The predicted octanol–water partition coefficient (Wildman–Crippen LogP) is 1.58. The molecule has 0 fully saturated rings. The van der Waals surface area contributed by atoms with Crippen LogP contribution < -0.4 is 5.43 Å². The molecule has 4 heteroatoms. The Labute approximate surface area is 64.0 Å². The number of nitrogens with zero attached hydrogens (tertiary/aromatic N) is 1. The Bertz CT molecular complexity index is 222. The Morgan fingerprint density at radius 3 is 2.36 bits per heavy atom. The molecular formula is C7H8FN2O-. The Balaban J connectivity index is 2.66. The van der Waals surface area contributed by atoms with Gasteiger partial charge in [-0.1, -0.05) is 0 Å². The molecule has 11 heavy (non-hydrogen) atoms. The summed E-state index contributed by atoms with van der Waals surface area (Å²) in [5.74, 6) is -0.316. The second kappa shape index (κ2) is 3.32.